The van der Waals surface area contributed by atoms with E-state index in [0.29, 0.717) is 6.04 Å². The highest BCUT2D eigenvalue weighted by Gasteiger charge is 2.36. The molecule has 0 aromatic heterocycles. The molecule has 4 heteroatoms. The molecule has 2 N–H and O–H groups in total. The van der Waals surface area contributed by atoms with Gasteiger partial charge in [0.1, 0.15) is 0 Å². The largest absolute Gasteiger partial charge is 0.381 e. The number of rotatable bonds is 4. The Balaban J connectivity index is 1.86. The zero-order valence-electron chi connectivity index (χ0n) is 10.3. The van der Waals surface area contributed by atoms with Gasteiger partial charge in [-0.15, -0.1) is 0 Å². The fourth-order valence-corrected chi connectivity index (χ4v) is 2.78. The molecule has 0 aromatic rings. The monoisotopic (exact) mass is 228 g/mol. The second-order valence-electron chi connectivity index (χ2n) is 5.27. The quantitative estimate of drug-likeness (QED) is 0.759. The van der Waals surface area contributed by atoms with Crippen molar-refractivity contribution in [3.05, 3.63) is 0 Å². The second kappa shape index (κ2) is 5.45. The first-order valence-corrected chi connectivity index (χ1v) is 6.32. The van der Waals surface area contributed by atoms with E-state index >= 15 is 0 Å². The van der Waals surface area contributed by atoms with E-state index in [2.05, 4.69) is 11.9 Å². The first-order valence-electron chi connectivity index (χ1n) is 6.32. The van der Waals surface area contributed by atoms with Crippen LogP contribution in [0.15, 0.2) is 0 Å². The van der Waals surface area contributed by atoms with Crippen LogP contribution < -0.4 is 5.73 Å². The van der Waals surface area contributed by atoms with E-state index in [4.69, 9.17) is 15.2 Å². The zero-order valence-corrected chi connectivity index (χ0v) is 10.3. The maximum absolute atomic E-state index is 5.92. The van der Waals surface area contributed by atoms with Gasteiger partial charge in [0.15, 0.2) is 0 Å². The average Bonchev–Trinajstić information content (AvgIpc) is 2.79. The van der Waals surface area contributed by atoms with Crippen LogP contribution in [0.1, 0.15) is 19.3 Å². The Kier molecular flexibility index (Phi) is 4.19. The molecule has 94 valence electrons. The minimum Gasteiger partial charge on any atom is -0.381 e. The summed E-state index contributed by atoms with van der Waals surface area (Å²) in [5.41, 5.74) is 6.12. The minimum absolute atomic E-state index is 0.201. The zero-order chi connectivity index (χ0) is 11.4. The van der Waals surface area contributed by atoms with E-state index < -0.39 is 0 Å². The molecular formula is C12H24N2O2. The normalized spacial score (nSPS) is 32.4. The molecule has 2 saturated heterocycles. The molecule has 16 heavy (non-hydrogen) atoms. The SMILES string of the molecule is CN(CC1(CN)CCOC1)C1CCOCC1. The molecule has 2 aliphatic heterocycles. The first-order chi connectivity index (χ1) is 7.76. The third-order valence-corrected chi connectivity index (χ3v) is 4.02. The summed E-state index contributed by atoms with van der Waals surface area (Å²) >= 11 is 0. The van der Waals surface area contributed by atoms with Gasteiger partial charge in [0.25, 0.3) is 0 Å². The summed E-state index contributed by atoms with van der Waals surface area (Å²) in [5.74, 6) is 0. The predicted octanol–water partition coefficient (Wildman–Crippen LogP) is 0.463. The summed E-state index contributed by atoms with van der Waals surface area (Å²) < 4.78 is 10.9. The number of hydrogen-bond acceptors (Lipinski definition) is 4. The van der Waals surface area contributed by atoms with Gasteiger partial charge in [-0.05, 0) is 26.3 Å². The summed E-state index contributed by atoms with van der Waals surface area (Å²) in [6, 6.07) is 0.665. The highest BCUT2D eigenvalue weighted by molar-refractivity contribution is 4.88. The molecule has 4 nitrogen and oxygen atoms in total. The van der Waals surface area contributed by atoms with Gasteiger partial charge in [-0.1, -0.05) is 0 Å². The van der Waals surface area contributed by atoms with Crippen molar-refractivity contribution in [3.63, 3.8) is 0 Å². The van der Waals surface area contributed by atoms with Gasteiger partial charge in [-0.3, -0.25) is 0 Å². The fraction of sp³-hybridized carbons (Fsp3) is 1.00. The fourth-order valence-electron chi connectivity index (χ4n) is 2.78. The summed E-state index contributed by atoms with van der Waals surface area (Å²) in [7, 11) is 2.21. The standard InChI is InChI=1S/C12H24N2O2/c1-14(11-2-5-15-6-3-11)9-12(8-13)4-7-16-10-12/h11H,2-10,13H2,1H3. The lowest BCUT2D eigenvalue weighted by atomic mass is 9.86. The molecule has 2 aliphatic rings. The van der Waals surface area contributed by atoms with Crippen molar-refractivity contribution in [2.75, 3.05) is 46.6 Å². The Hall–Kier alpha value is -0.160. The van der Waals surface area contributed by atoms with Crippen LogP contribution >= 0.6 is 0 Å². The van der Waals surface area contributed by atoms with Gasteiger partial charge in [0, 0.05) is 44.4 Å². The van der Waals surface area contributed by atoms with E-state index in [1.165, 1.54) is 0 Å². The van der Waals surface area contributed by atoms with Gasteiger partial charge in [-0.25, -0.2) is 0 Å². The lowest BCUT2D eigenvalue weighted by Gasteiger charge is -2.37. The summed E-state index contributed by atoms with van der Waals surface area (Å²) in [6.45, 7) is 5.31. The lowest BCUT2D eigenvalue weighted by Crippen LogP contribution is -2.46. The molecule has 0 amide bonds. The van der Waals surface area contributed by atoms with Crippen LogP contribution in [0, 0.1) is 5.41 Å². The number of hydrogen-bond donors (Lipinski definition) is 1. The van der Waals surface area contributed by atoms with Crippen LogP contribution in [-0.2, 0) is 9.47 Å². The second-order valence-corrected chi connectivity index (χ2v) is 5.27. The van der Waals surface area contributed by atoms with Crippen LogP contribution in [0.3, 0.4) is 0 Å². The number of ether oxygens (including phenoxy) is 2. The highest BCUT2D eigenvalue weighted by Crippen LogP contribution is 2.29. The first kappa shape index (κ1) is 12.3. The third-order valence-electron chi connectivity index (χ3n) is 4.02. The summed E-state index contributed by atoms with van der Waals surface area (Å²) in [4.78, 5) is 2.46. The van der Waals surface area contributed by atoms with Crippen molar-refractivity contribution in [3.8, 4) is 0 Å². The van der Waals surface area contributed by atoms with Crippen LogP contribution in [-0.4, -0.2) is 57.5 Å². The van der Waals surface area contributed by atoms with E-state index in [0.717, 1.165) is 58.8 Å². The van der Waals surface area contributed by atoms with Crippen LogP contribution in [0.5, 0.6) is 0 Å². The van der Waals surface area contributed by atoms with Gasteiger partial charge in [-0.2, -0.15) is 0 Å². The van der Waals surface area contributed by atoms with E-state index in [1.54, 1.807) is 0 Å². The smallest absolute Gasteiger partial charge is 0.0547 e. The van der Waals surface area contributed by atoms with Gasteiger partial charge in [0.05, 0.1) is 6.61 Å². The van der Waals surface area contributed by atoms with E-state index in [9.17, 15) is 0 Å². The Bertz CT molecular complexity index is 211. The summed E-state index contributed by atoms with van der Waals surface area (Å²) in [6.07, 6.45) is 3.41. The van der Waals surface area contributed by atoms with Gasteiger partial charge in [0.2, 0.25) is 0 Å². The number of nitrogens with zero attached hydrogens (tertiary/aromatic N) is 1. The third kappa shape index (κ3) is 2.74. The molecule has 0 aromatic carbocycles. The van der Waals surface area contributed by atoms with Crippen molar-refractivity contribution in [2.24, 2.45) is 11.1 Å². The molecule has 0 saturated carbocycles. The maximum atomic E-state index is 5.92. The Labute approximate surface area is 98.1 Å². The van der Waals surface area contributed by atoms with Crippen molar-refractivity contribution >= 4 is 0 Å². The molecule has 2 fully saturated rings. The van der Waals surface area contributed by atoms with Crippen molar-refractivity contribution in [1.29, 1.82) is 0 Å². The molecule has 0 aliphatic carbocycles. The van der Waals surface area contributed by atoms with Crippen molar-refractivity contribution in [1.82, 2.24) is 4.90 Å². The Morgan fingerprint density at radius 3 is 2.56 bits per heavy atom. The molecule has 1 unspecified atom stereocenters. The molecule has 2 heterocycles. The topological polar surface area (TPSA) is 47.7 Å². The molecule has 0 bridgehead atoms. The lowest BCUT2D eigenvalue weighted by molar-refractivity contribution is 0.0259. The minimum atomic E-state index is 0.201. The highest BCUT2D eigenvalue weighted by atomic mass is 16.5. The van der Waals surface area contributed by atoms with Crippen molar-refractivity contribution in [2.45, 2.75) is 25.3 Å². The molecular weight excluding hydrogens is 204 g/mol. The van der Waals surface area contributed by atoms with Gasteiger partial charge >= 0.3 is 0 Å². The van der Waals surface area contributed by atoms with Crippen LogP contribution in [0.25, 0.3) is 0 Å². The molecule has 0 radical (unpaired) electrons. The predicted molar refractivity (Wildman–Crippen MR) is 63.4 cm³/mol. The van der Waals surface area contributed by atoms with Crippen molar-refractivity contribution < 1.29 is 9.47 Å². The van der Waals surface area contributed by atoms with Crippen LogP contribution in [0.4, 0.5) is 0 Å². The Morgan fingerprint density at radius 2 is 2.00 bits per heavy atom. The molecule has 0 spiro atoms. The van der Waals surface area contributed by atoms with E-state index in [-0.39, 0.29) is 5.41 Å². The van der Waals surface area contributed by atoms with E-state index in [1.807, 2.05) is 0 Å². The average molecular weight is 228 g/mol. The van der Waals surface area contributed by atoms with Gasteiger partial charge < -0.3 is 20.1 Å². The number of nitrogens with two attached hydrogens (primary N) is 1. The maximum Gasteiger partial charge on any atom is 0.0547 e. The van der Waals surface area contributed by atoms with Crippen LogP contribution in [0.2, 0.25) is 0 Å². The Morgan fingerprint density at radius 1 is 1.25 bits per heavy atom. The summed E-state index contributed by atoms with van der Waals surface area (Å²) in [5, 5.41) is 0. The molecule has 2 rings (SSSR count). The molecule has 1 atom stereocenters.